The Kier molecular flexibility index (Phi) is 9.87. The second-order valence-corrected chi connectivity index (χ2v) is 12.3. The lowest BCUT2D eigenvalue weighted by molar-refractivity contribution is -0.140. The monoisotopic (exact) mass is 539 g/mol. The first-order chi connectivity index (χ1) is 17.4. The van der Waals surface area contributed by atoms with Crippen LogP contribution in [0.15, 0.2) is 11.6 Å². The third kappa shape index (κ3) is 7.61. The van der Waals surface area contributed by atoms with Crippen LogP contribution in [0.25, 0.3) is 0 Å². The number of hydrogen-bond acceptors (Lipinski definition) is 6. The number of carbonyl (C=O) groups excluding carboxylic acids is 4. The molecule has 3 rings (SSSR count). The van der Waals surface area contributed by atoms with Gasteiger partial charge in [0.05, 0.1) is 0 Å². The number of rotatable bonds is 9. The average Bonchev–Trinajstić information content (AvgIpc) is 3.36. The van der Waals surface area contributed by atoms with E-state index >= 15 is 0 Å². The fourth-order valence-corrected chi connectivity index (χ4v) is 6.91. The van der Waals surface area contributed by atoms with Crippen molar-refractivity contribution >= 4 is 33.7 Å². The molecule has 1 aliphatic heterocycles. The van der Waals surface area contributed by atoms with Crippen molar-refractivity contribution in [1.82, 2.24) is 24.6 Å². The molecule has 0 aromatic rings. The van der Waals surface area contributed by atoms with E-state index in [9.17, 15) is 27.6 Å². The zero-order valence-electron chi connectivity index (χ0n) is 22.2. The Bertz CT molecular complexity index is 1000. The molecule has 208 valence electrons. The van der Waals surface area contributed by atoms with Crippen LogP contribution in [0.1, 0.15) is 78.6 Å². The summed E-state index contributed by atoms with van der Waals surface area (Å²) in [6.07, 6.45) is 7.92. The van der Waals surface area contributed by atoms with Crippen molar-refractivity contribution in [3.63, 3.8) is 0 Å². The normalized spacial score (nSPS) is 21.6. The van der Waals surface area contributed by atoms with E-state index in [2.05, 4.69) is 15.4 Å². The first-order valence-corrected chi connectivity index (χ1v) is 14.7. The Morgan fingerprint density at radius 1 is 0.892 bits per heavy atom. The predicted octanol–water partition coefficient (Wildman–Crippen LogP) is 0.767. The average molecular weight is 540 g/mol. The van der Waals surface area contributed by atoms with Crippen molar-refractivity contribution in [3.8, 4) is 0 Å². The first-order valence-electron chi connectivity index (χ1n) is 13.3. The van der Waals surface area contributed by atoms with Gasteiger partial charge in [-0.1, -0.05) is 43.8 Å². The molecule has 1 heterocycles. The Morgan fingerprint density at radius 2 is 1.49 bits per heavy atom. The molecule has 12 heteroatoms. The SMILES string of the molecule is CC(=O)N1CCN(S(=O)(=O)NC2(C(=O)N[C@@H](C=C(C)C)C(=O)C(=O)NC3CCCC3)CCCCC2)CC1. The molecule has 0 radical (unpaired) electrons. The molecule has 2 aliphatic carbocycles. The van der Waals surface area contributed by atoms with E-state index in [0.717, 1.165) is 37.7 Å². The largest absolute Gasteiger partial charge is 0.347 e. The van der Waals surface area contributed by atoms with Crippen molar-refractivity contribution in [1.29, 1.82) is 0 Å². The van der Waals surface area contributed by atoms with E-state index in [0.29, 0.717) is 12.8 Å². The minimum atomic E-state index is -4.04. The summed E-state index contributed by atoms with van der Waals surface area (Å²) in [6, 6.07) is -1.24. The molecule has 0 unspecified atom stereocenters. The van der Waals surface area contributed by atoms with Crippen LogP contribution in [-0.2, 0) is 29.4 Å². The Balaban J connectivity index is 1.76. The molecule has 3 N–H and O–H groups in total. The zero-order chi connectivity index (χ0) is 27.2. The van der Waals surface area contributed by atoms with Crippen molar-refractivity contribution in [3.05, 3.63) is 11.6 Å². The lowest BCUT2D eigenvalue weighted by atomic mass is 9.81. The third-order valence-electron chi connectivity index (χ3n) is 7.47. The summed E-state index contributed by atoms with van der Waals surface area (Å²) in [5.74, 6) is -2.23. The molecule has 3 fully saturated rings. The number of carbonyl (C=O) groups is 4. The molecule has 0 aromatic heterocycles. The van der Waals surface area contributed by atoms with E-state index in [1.807, 2.05) is 0 Å². The number of nitrogens with zero attached hydrogens (tertiary/aromatic N) is 2. The van der Waals surface area contributed by atoms with Gasteiger partial charge in [0.15, 0.2) is 0 Å². The van der Waals surface area contributed by atoms with E-state index < -0.39 is 39.4 Å². The van der Waals surface area contributed by atoms with Crippen LogP contribution < -0.4 is 15.4 Å². The molecular formula is C25H41N5O6S. The molecule has 2 saturated carbocycles. The van der Waals surface area contributed by atoms with Gasteiger partial charge < -0.3 is 15.5 Å². The molecule has 0 bridgehead atoms. The highest BCUT2D eigenvalue weighted by Gasteiger charge is 2.46. The molecule has 11 nitrogen and oxygen atoms in total. The van der Waals surface area contributed by atoms with Crippen molar-refractivity contribution < 1.29 is 27.6 Å². The van der Waals surface area contributed by atoms with Crippen LogP contribution in [0.2, 0.25) is 0 Å². The van der Waals surface area contributed by atoms with Gasteiger partial charge in [-0.15, -0.1) is 0 Å². The molecule has 0 aromatic carbocycles. The summed E-state index contributed by atoms with van der Waals surface area (Å²) >= 11 is 0. The van der Waals surface area contributed by atoms with E-state index in [4.69, 9.17) is 0 Å². The van der Waals surface area contributed by atoms with Gasteiger partial charge in [0.25, 0.3) is 16.1 Å². The van der Waals surface area contributed by atoms with Crippen LogP contribution in [-0.4, -0.2) is 84.9 Å². The summed E-state index contributed by atoms with van der Waals surface area (Å²) in [5.41, 5.74) is -0.681. The number of nitrogens with one attached hydrogen (secondary N) is 3. The summed E-state index contributed by atoms with van der Waals surface area (Å²) < 4.78 is 30.6. The fraction of sp³-hybridized carbons (Fsp3) is 0.760. The first kappa shape index (κ1) is 29.2. The second kappa shape index (κ2) is 12.5. The van der Waals surface area contributed by atoms with Gasteiger partial charge in [0, 0.05) is 39.1 Å². The highest BCUT2D eigenvalue weighted by molar-refractivity contribution is 7.87. The van der Waals surface area contributed by atoms with Crippen molar-refractivity contribution in [2.24, 2.45) is 0 Å². The topological polar surface area (TPSA) is 145 Å². The summed E-state index contributed by atoms with van der Waals surface area (Å²) in [7, 11) is -4.04. The van der Waals surface area contributed by atoms with E-state index in [1.54, 1.807) is 18.7 Å². The number of amides is 3. The molecule has 3 aliphatic rings. The minimum absolute atomic E-state index is 0.0422. The fourth-order valence-electron chi connectivity index (χ4n) is 5.35. The number of hydrogen-bond donors (Lipinski definition) is 3. The van der Waals surface area contributed by atoms with Gasteiger partial charge in [-0.3, -0.25) is 19.2 Å². The molecule has 1 atom stereocenters. The number of piperazine rings is 1. The zero-order valence-corrected chi connectivity index (χ0v) is 23.0. The van der Waals surface area contributed by atoms with Gasteiger partial charge in [-0.05, 0) is 39.5 Å². The Morgan fingerprint density at radius 3 is 2.03 bits per heavy atom. The summed E-state index contributed by atoms with van der Waals surface area (Å²) in [5, 5.41) is 5.46. The minimum Gasteiger partial charge on any atom is -0.347 e. The van der Waals surface area contributed by atoms with Crippen LogP contribution >= 0.6 is 0 Å². The molecule has 0 spiro atoms. The summed E-state index contributed by atoms with van der Waals surface area (Å²) in [6.45, 7) is 5.80. The maximum atomic E-state index is 13.7. The van der Waals surface area contributed by atoms with E-state index in [1.165, 1.54) is 17.3 Å². The number of Topliss-reactive ketones (excluding diaryl/α,β-unsaturated/α-hetero) is 1. The van der Waals surface area contributed by atoms with Crippen LogP contribution in [0.4, 0.5) is 0 Å². The number of ketones is 1. The van der Waals surface area contributed by atoms with Crippen LogP contribution in [0, 0.1) is 0 Å². The second-order valence-electron chi connectivity index (χ2n) is 10.7. The van der Waals surface area contributed by atoms with Crippen molar-refractivity contribution in [2.45, 2.75) is 96.2 Å². The predicted molar refractivity (Wildman–Crippen MR) is 138 cm³/mol. The molecule has 37 heavy (non-hydrogen) atoms. The highest BCUT2D eigenvalue weighted by Crippen LogP contribution is 2.30. The third-order valence-corrected chi connectivity index (χ3v) is 9.17. The quantitative estimate of drug-likeness (QED) is 0.292. The standard InChI is InChI=1S/C25H41N5O6S/c1-18(2)17-21(22(32)23(33)26-20-9-5-6-10-20)27-24(34)25(11-7-4-8-12-25)28-37(35,36)30-15-13-29(14-16-30)19(3)31/h17,20-21,28H,4-16H2,1-3H3,(H,26,33)(H,27,34)/t21-/m0/s1. The van der Waals surface area contributed by atoms with Crippen molar-refractivity contribution in [2.75, 3.05) is 26.2 Å². The summed E-state index contributed by atoms with van der Waals surface area (Å²) in [4.78, 5) is 52.6. The van der Waals surface area contributed by atoms with Gasteiger partial charge in [0.2, 0.25) is 17.6 Å². The smallest absolute Gasteiger partial charge is 0.290 e. The Labute approximate surface area is 220 Å². The molecule has 1 saturated heterocycles. The maximum absolute atomic E-state index is 13.7. The molecule has 3 amide bonds. The van der Waals surface area contributed by atoms with E-state index in [-0.39, 0.29) is 51.0 Å². The van der Waals surface area contributed by atoms with Gasteiger partial charge in [-0.2, -0.15) is 17.4 Å². The molecular weight excluding hydrogens is 498 g/mol. The maximum Gasteiger partial charge on any atom is 0.290 e. The van der Waals surface area contributed by atoms with Crippen LogP contribution in [0.3, 0.4) is 0 Å². The lowest BCUT2D eigenvalue weighted by Crippen LogP contribution is -2.65. The Hall–Kier alpha value is -2.31. The van der Waals surface area contributed by atoms with Gasteiger partial charge >= 0.3 is 0 Å². The lowest BCUT2D eigenvalue weighted by Gasteiger charge is -2.40. The number of allylic oxidation sites excluding steroid dienone is 1. The van der Waals surface area contributed by atoms with Gasteiger partial charge in [0.1, 0.15) is 11.6 Å². The highest BCUT2D eigenvalue weighted by atomic mass is 32.2. The van der Waals surface area contributed by atoms with Crippen LogP contribution in [0.5, 0.6) is 0 Å². The van der Waals surface area contributed by atoms with Gasteiger partial charge in [-0.25, -0.2) is 0 Å².